The van der Waals surface area contributed by atoms with Crippen LogP contribution in [0.15, 0.2) is 42.9 Å². The van der Waals surface area contributed by atoms with Crippen LogP contribution in [0.4, 0.5) is 5.69 Å². The highest BCUT2D eigenvalue weighted by Gasteiger charge is 2.18. The molecule has 1 saturated heterocycles. The fourth-order valence-electron chi connectivity index (χ4n) is 3.32. The number of benzene rings is 1. The van der Waals surface area contributed by atoms with Crippen molar-refractivity contribution in [3.63, 3.8) is 0 Å². The van der Waals surface area contributed by atoms with Crippen molar-refractivity contribution in [2.45, 2.75) is 26.3 Å². The van der Waals surface area contributed by atoms with Crippen molar-refractivity contribution in [1.29, 1.82) is 0 Å². The maximum Gasteiger partial charge on any atom is 0.179 e. The summed E-state index contributed by atoms with van der Waals surface area (Å²) in [7, 11) is 0. The summed E-state index contributed by atoms with van der Waals surface area (Å²) >= 11 is 0. The van der Waals surface area contributed by atoms with E-state index < -0.39 is 0 Å². The molecule has 4 rings (SSSR count). The zero-order valence-corrected chi connectivity index (χ0v) is 14.8. The van der Waals surface area contributed by atoms with E-state index in [0.29, 0.717) is 5.92 Å². The molecule has 0 bridgehead atoms. The molecule has 6 nitrogen and oxygen atoms in total. The molecule has 0 unspecified atom stereocenters. The highest BCUT2D eigenvalue weighted by molar-refractivity contribution is 5.53. The molecule has 25 heavy (non-hydrogen) atoms. The van der Waals surface area contributed by atoms with Gasteiger partial charge in [-0.05, 0) is 17.0 Å². The quantitative estimate of drug-likeness (QED) is 0.733. The van der Waals surface area contributed by atoms with Crippen molar-refractivity contribution in [3.8, 4) is 0 Å². The van der Waals surface area contributed by atoms with Crippen molar-refractivity contribution in [2.24, 2.45) is 0 Å². The summed E-state index contributed by atoms with van der Waals surface area (Å²) in [5, 5.41) is 12.3. The molecular formula is C19H24N6. The van der Waals surface area contributed by atoms with Crippen LogP contribution in [0.2, 0.25) is 0 Å². The number of rotatable bonds is 4. The molecule has 1 aliphatic heterocycles. The summed E-state index contributed by atoms with van der Waals surface area (Å²) in [5.74, 6) is 0.592. The van der Waals surface area contributed by atoms with Crippen molar-refractivity contribution >= 4 is 11.3 Å². The van der Waals surface area contributed by atoms with Gasteiger partial charge in [-0.1, -0.05) is 38.1 Å². The van der Waals surface area contributed by atoms with Crippen LogP contribution in [0.3, 0.4) is 0 Å². The van der Waals surface area contributed by atoms with Gasteiger partial charge in [-0.25, -0.2) is 4.52 Å². The standard InChI is InChI=1S/C19H24N6/c1-15(2)17-5-3-16(4-6-17)13-23-7-9-24(10-8-23)18-11-19-22-20-14-25(19)21-12-18/h3-6,11-12,14-15H,7-10,13H2,1-2H3. The molecule has 3 aromatic rings. The molecular weight excluding hydrogens is 312 g/mol. The molecule has 1 fully saturated rings. The van der Waals surface area contributed by atoms with Crippen molar-refractivity contribution in [3.05, 3.63) is 54.0 Å². The number of aromatic nitrogens is 4. The summed E-state index contributed by atoms with van der Waals surface area (Å²) in [6.45, 7) is 9.63. The third kappa shape index (κ3) is 3.49. The Hall–Kier alpha value is -2.47. The number of anilines is 1. The average Bonchev–Trinajstić information content (AvgIpc) is 3.10. The van der Waals surface area contributed by atoms with Gasteiger partial charge in [0.1, 0.15) is 6.33 Å². The number of nitrogens with zero attached hydrogens (tertiary/aromatic N) is 6. The van der Waals surface area contributed by atoms with E-state index in [-0.39, 0.29) is 0 Å². The van der Waals surface area contributed by atoms with Gasteiger partial charge in [-0.15, -0.1) is 10.2 Å². The normalized spacial score (nSPS) is 16.0. The fourth-order valence-corrected chi connectivity index (χ4v) is 3.32. The largest absolute Gasteiger partial charge is 0.368 e. The second-order valence-electron chi connectivity index (χ2n) is 7.01. The summed E-state index contributed by atoms with van der Waals surface area (Å²) < 4.78 is 1.70. The molecule has 0 radical (unpaired) electrons. The van der Waals surface area contributed by atoms with E-state index >= 15 is 0 Å². The van der Waals surface area contributed by atoms with E-state index in [1.807, 2.05) is 6.20 Å². The van der Waals surface area contributed by atoms with Gasteiger partial charge in [0.25, 0.3) is 0 Å². The van der Waals surface area contributed by atoms with Gasteiger partial charge in [0, 0.05) is 38.8 Å². The molecule has 0 N–H and O–H groups in total. The lowest BCUT2D eigenvalue weighted by Crippen LogP contribution is -2.46. The van der Waals surface area contributed by atoms with Crippen LogP contribution in [0, 0.1) is 0 Å². The lowest BCUT2D eigenvalue weighted by atomic mass is 10.0. The predicted octanol–water partition coefficient (Wildman–Crippen LogP) is 2.57. The summed E-state index contributed by atoms with van der Waals surface area (Å²) in [6, 6.07) is 11.1. The Balaban J connectivity index is 1.36. The zero-order chi connectivity index (χ0) is 17.2. The van der Waals surface area contributed by atoms with Crippen LogP contribution in [-0.4, -0.2) is 50.9 Å². The van der Waals surface area contributed by atoms with E-state index in [4.69, 9.17) is 0 Å². The van der Waals surface area contributed by atoms with E-state index in [9.17, 15) is 0 Å². The Labute approximate surface area is 148 Å². The Bertz CT molecular complexity index is 831. The maximum atomic E-state index is 4.36. The average molecular weight is 336 g/mol. The second-order valence-corrected chi connectivity index (χ2v) is 7.01. The Morgan fingerprint density at radius 3 is 2.52 bits per heavy atom. The second kappa shape index (κ2) is 6.80. The van der Waals surface area contributed by atoms with Crippen molar-refractivity contribution in [2.75, 3.05) is 31.1 Å². The Morgan fingerprint density at radius 1 is 1.04 bits per heavy atom. The monoisotopic (exact) mass is 336 g/mol. The van der Waals surface area contributed by atoms with Gasteiger partial charge in [-0.2, -0.15) is 5.10 Å². The number of hydrogen-bond donors (Lipinski definition) is 0. The first kappa shape index (κ1) is 16.0. The Kier molecular flexibility index (Phi) is 4.36. The molecule has 0 aliphatic carbocycles. The van der Waals surface area contributed by atoms with Gasteiger partial charge in [0.2, 0.25) is 0 Å². The summed E-state index contributed by atoms with van der Waals surface area (Å²) in [5.41, 5.74) is 4.72. The lowest BCUT2D eigenvalue weighted by molar-refractivity contribution is 0.250. The zero-order valence-electron chi connectivity index (χ0n) is 14.8. The highest BCUT2D eigenvalue weighted by atomic mass is 15.3. The topological polar surface area (TPSA) is 49.6 Å². The summed E-state index contributed by atoms with van der Waals surface area (Å²) in [4.78, 5) is 4.89. The molecule has 0 spiro atoms. The maximum absolute atomic E-state index is 4.36. The predicted molar refractivity (Wildman–Crippen MR) is 98.8 cm³/mol. The van der Waals surface area contributed by atoms with Crippen LogP contribution >= 0.6 is 0 Å². The van der Waals surface area contributed by atoms with Crippen LogP contribution in [0.1, 0.15) is 30.9 Å². The molecule has 0 amide bonds. The first-order chi connectivity index (χ1) is 12.2. The van der Waals surface area contributed by atoms with Crippen LogP contribution < -0.4 is 4.90 Å². The van der Waals surface area contributed by atoms with E-state index in [2.05, 4.69) is 69.3 Å². The van der Waals surface area contributed by atoms with Gasteiger partial charge < -0.3 is 4.90 Å². The number of piperazine rings is 1. The molecule has 1 aromatic carbocycles. The van der Waals surface area contributed by atoms with Gasteiger partial charge >= 0.3 is 0 Å². The Morgan fingerprint density at radius 2 is 1.80 bits per heavy atom. The third-order valence-electron chi connectivity index (χ3n) is 4.94. The van der Waals surface area contributed by atoms with E-state index in [1.165, 1.54) is 11.1 Å². The van der Waals surface area contributed by atoms with Gasteiger partial charge in [-0.3, -0.25) is 4.90 Å². The summed E-state index contributed by atoms with van der Waals surface area (Å²) in [6.07, 6.45) is 3.53. The fraction of sp³-hybridized carbons (Fsp3) is 0.421. The first-order valence-electron chi connectivity index (χ1n) is 8.91. The lowest BCUT2D eigenvalue weighted by Gasteiger charge is -2.35. The minimum Gasteiger partial charge on any atom is -0.368 e. The SMILES string of the molecule is CC(C)c1ccc(CN2CCN(c3cnn4cnnc4c3)CC2)cc1. The number of hydrogen-bond acceptors (Lipinski definition) is 5. The molecule has 2 aromatic heterocycles. The van der Waals surface area contributed by atoms with Crippen LogP contribution in [-0.2, 0) is 6.54 Å². The smallest absolute Gasteiger partial charge is 0.179 e. The number of fused-ring (bicyclic) bond motifs is 1. The van der Waals surface area contributed by atoms with Gasteiger partial charge in [0.05, 0.1) is 11.9 Å². The van der Waals surface area contributed by atoms with Crippen molar-refractivity contribution in [1.82, 2.24) is 24.7 Å². The molecule has 1 aliphatic rings. The minimum absolute atomic E-state index is 0.592. The molecule has 130 valence electrons. The van der Waals surface area contributed by atoms with Crippen LogP contribution in [0.5, 0.6) is 0 Å². The molecule has 6 heteroatoms. The first-order valence-corrected chi connectivity index (χ1v) is 8.91. The molecule has 0 atom stereocenters. The minimum atomic E-state index is 0.592. The highest BCUT2D eigenvalue weighted by Crippen LogP contribution is 2.19. The molecule has 3 heterocycles. The van der Waals surface area contributed by atoms with Crippen molar-refractivity contribution < 1.29 is 0 Å². The third-order valence-corrected chi connectivity index (χ3v) is 4.94. The van der Waals surface area contributed by atoms with E-state index in [0.717, 1.165) is 44.1 Å². The molecule has 0 saturated carbocycles. The van der Waals surface area contributed by atoms with E-state index in [1.54, 1.807) is 10.8 Å². The van der Waals surface area contributed by atoms with Gasteiger partial charge in [0.15, 0.2) is 5.65 Å². The van der Waals surface area contributed by atoms with Crippen LogP contribution in [0.25, 0.3) is 5.65 Å².